The minimum Gasteiger partial charge on any atom is -0.455 e. The van der Waals surface area contributed by atoms with E-state index in [1.165, 1.54) is 25.7 Å². The molecule has 0 atom stereocenters. The van der Waals surface area contributed by atoms with Crippen LogP contribution in [-0.2, 0) is 0 Å². The van der Waals surface area contributed by atoms with Gasteiger partial charge in [-0.3, -0.25) is 0 Å². The average Bonchev–Trinajstić information content (AvgIpc) is 3.67. The zero-order valence-corrected chi connectivity index (χ0v) is 24.3. The molecule has 0 N–H and O–H groups in total. The number of hydrogen-bond donors (Lipinski definition) is 0. The van der Waals surface area contributed by atoms with Gasteiger partial charge in [-0.1, -0.05) is 109 Å². The number of fused-ring (bicyclic) bond motifs is 6. The topological polar surface area (TPSA) is 51.8 Å². The molecule has 4 nitrogen and oxygen atoms in total. The summed E-state index contributed by atoms with van der Waals surface area (Å²) in [7, 11) is 0. The van der Waals surface area contributed by atoms with Crippen molar-refractivity contribution in [1.82, 2.24) is 15.0 Å². The molecule has 3 aromatic heterocycles. The van der Waals surface area contributed by atoms with E-state index in [0.29, 0.717) is 17.5 Å². The molecular weight excluding hydrogens is 559 g/mol. The SMILES string of the molecule is c1ccc(-c2nc(-c3ccccc3)nc(-c3cccc4c3oc3ccc(-c5cccc6sc7ccccc7c56)cc34)n2)cc1. The van der Waals surface area contributed by atoms with E-state index in [0.717, 1.165) is 44.2 Å². The van der Waals surface area contributed by atoms with Gasteiger partial charge in [-0.05, 0) is 41.5 Å². The van der Waals surface area contributed by atoms with Gasteiger partial charge in [0.05, 0.1) is 5.56 Å². The van der Waals surface area contributed by atoms with Crippen LogP contribution >= 0.6 is 11.3 Å². The van der Waals surface area contributed by atoms with Crippen LogP contribution in [0.15, 0.2) is 144 Å². The normalized spacial score (nSPS) is 11.6. The first-order valence-electron chi connectivity index (χ1n) is 14.5. The summed E-state index contributed by atoms with van der Waals surface area (Å²) in [5.41, 5.74) is 6.70. The fourth-order valence-electron chi connectivity index (χ4n) is 6.09. The third kappa shape index (κ3) is 4.02. The van der Waals surface area contributed by atoms with Crippen molar-refractivity contribution >= 4 is 53.4 Å². The van der Waals surface area contributed by atoms with E-state index in [9.17, 15) is 0 Å². The van der Waals surface area contributed by atoms with E-state index in [-0.39, 0.29) is 0 Å². The highest BCUT2D eigenvalue weighted by Gasteiger charge is 2.19. The van der Waals surface area contributed by atoms with Gasteiger partial charge in [0.1, 0.15) is 11.2 Å². The molecule has 0 amide bonds. The minimum atomic E-state index is 0.581. The summed E-state index contributed by atoms with van der Waals surface area (Å²) in [6.07, 6.45) is 0. The third-order valence-electron chi connectivity index (χ3n) is 8.15. The van der Waals surface area contributed by atoms with Crippen LogP contribution in [0.5, 0.6) is 0 Å². The molecule has 0 unspecified atom stereocenters. The number of para-hydroxylation sites is 1. The van der Waals surface area contributed by atoms with Gasteiger partial charge < -0.3 is 4.42 Å². The van der Waals surface area contributed by atoms with Gasteiger partial charge >= 0.3 is 0 Å². The van der Waals surface area contributed by atoms with Crippen LogP contribution in [0, 0.1) is 0 Å². The maximum atomic E-state index is 6.56. The molecule has 44 heavy (non-hydrogen) atoms. The van der Waals surface area contributed by atoms with Crippen LogP contribution in [-0.4, -0.2) is 15.0 Å². The zero-order chi connectivity index (χ0) is 29.0. The van der Waals surface area contributed by atoms with Crippen LogP contribution in [0.3, 0.4) is 0 Å². The molecule has 0 aliphatic carbocycles. The van der Waals surface area contributed by atoms with E-state index in [4.69, 9.17) is 19.4 Å². The number of thiophene rings is 1. The van der Waals surface area contributed by atoms with Crippen molar-refractivity contribution in [2.24, 2.45) is 0 Å². The van der Waals surface area contributed by atoms with Gasteiger partial charge in [-0.25, -0.2) is 15.0 Å². The monoisotopic (exact) mass is 581 g/mol. The summed E-state index contributed by atoms with van der Waals surface area (Å²) in [5, 5.41) is 4.69. The van der Waals surface area contributed by atoms with E-state index in [1.807, 2.05) is 78.1 Å². The summed E-state index contributed by atoms with van der Waals surface area (Å²) in [6, 6.07) is 48.0. The zero-order valence-electron chi connectivity index (χ0n) is 23.4. The molecule has 9 aromatic rings. The summed E-state index contributed by atoms with van der Waals surface area (Å²) in [5.74, 6) is 1.83. The van der Waals surface area contributed by atoms with Gasteiger partial charge in [0.25, 0.3) is 0 Å². The number of furan rings is 1. The Labute approximate surface area is 256 Å². The van der Waals surface area contributed by atoms with Crippen molar-refractivity contribution in [2.75, 3.05) is 0 Å². The highest BCUT2D eigenvalue weighted by Crippen LogP contribution is 2.42. The molecule has 0 spiro atoms. The molecule has 6 aromatic carbocycles. The minimum absolute atomic E-state index is 0.581. The van der Waals surface area contributed by atoms with Crippen molar-refractivity contribution in [2.45, 2.75) is 0 Å². The summed E-state index contributed by atoms with van der Waals surface area (Å²) in [4.78, 5) is 14.8. The quantitative estimate of drug-likeness (QED) is 0.207. The number of rotatable bonds is 4. The van der Waals surface area contributed by atoms with Crippen LogP contribution in [0.4, 0.5) is 0 Å². The lowest BCUT2D eigenvalue weighted by Gasteiger charge is -2.08. The molecule has 206 valence electrons. The van der Waals surface area contributed by atoms with E-state index in [2.05, 4.69) is 72.8 Å². The van der Waals surface area contributed by atoms with Crippen LogP contribution in [0.2, 0.25) is 0 Å². The Bertz CT molecular complexity index is 2440. The van der Waals surface area contributed by atoms with Crippen LogP contribution in [0.1, 0.15) is 0 Å². The molecule has 9 rings (SSSR count). The maximum Gasteiger partial charge on any atom is 0.167 e. The summed E-state index contributed by atoms with van der Waals surface area (Å²) in [6.45, 7) is 0. The predicted octanol–water partition coefficient (Wildman–Crippen LogP) is 10.8. The molecule has 0 radical (unpaired) electrons. The number of nitrogens with zero attached hydrogens (tertiary/aromatic N) is 3. The van der Waals surface area contributed by atoms with Crippen LogP contribution in [0.25, 0.3) is 87.4 Å². The first kappa shape index (κ1) is 24.9. The lowest BCUT2D eigenvalue weighted by atomic mass is 9.98. The van der Waals surface area contributed by atoms with Gasteiger partial charge in [0.15, 0.2) is 17.5 Å². The molecule has 0 fully saturated rings. The Morgan fingerprint density at radius 3 is 1.82 bits per heavy atom. The third-order valence-corrected chi connectivity index (χ3v) is 9.29. The second kappa shape index (κ2) is 9.97. The molecular formula is C39H23N3OS. The first-order chi connectivity index (χ1) is 21.8. The predicted molar refractivity (Wildman–Crippen MR) is 182 cm³/mol. The van der Waals surface area contributed by atoms with E-state index >= 15 is 0 Å². The lowest BCUT2D eigenvalue weighted by molar-refractivity contribution is 0.669. The smallest absolute Gasteiger partial charge is 0.167 e. The fourth-order valence-corrected chi connectivity index (χ4v) is 7.22. The molecule has 0 aliphatic heterocycles. The summed E-state index contributed by atoms with van der Waals surface area (Å²) < 4.78 is 9.16. The van der Waals surface area contributed by atoms with Crippen molar-refractivity contribution in [3.8, 4) is 45.3 Å². The lowest BCUT2D eigenvalue weighted by Crippen LogP contribution is -2.00. The van der Waals surface area contributed by atoms with Crippen molar-refractivity contribution in [1.29, 1.82) is 0 Å². The second-order valence-electron chi connectivity index (χ2n) is 10.8. The van der Waals surface area contributed by atoms with Crippen LogP contribution < -0.4 is 0 Å². The largest absolute Gasteiger partial charge is 0.455 e. The number of aromatic nitrogens is 3. The van der Waals surface area contributed by atoms with E-state index < -0.39 is 0 Å². The number of hydrogen-bond acceptors (Lipinski definition) is 5. The fraction of sp³-hybridized carbons (Fsp3) is 0. The molecule has 0 bridgehead atoms. The van der Waals surface area contributed by atoms with Crippen molar-refractivity contribution in [3.63, 3.8) is 0 Å². The molecule has 0 saturated carbocycles. The Morgan fingerprint density at radius 2 is 1.05 bits per heavy atom. The first-order valence-corrected chi connectivity index (χ1v) is 15.3. The van der Waals surface area contributed by atoms with Crippen molar-refractivity contribution in [3.05, 3.63) is 140 Å². The summed E-state index contributed by atoms with van der Waals surface area (Å²) >= 11 is 1.84. The molecule has 0 aliphatic rings. The van der Waals surface area contributed by atoms with Crippen molar-refractivity contribution < 1.29 is 4.42 Å². The van der Waals surface area contributed by atoms with Gasteiger partial charge in [0, 0.05) is 42.1 Å². The van der Waals surface area contributed by atoms with Gasteiger partial charge in [0.2, 0.25) is 0 Å². The Hall–Kier alpha value is -5.65. The van der Waals surface area contributed by atoms with Gasteiger partial charge in [-0.2, -0.15) is 0 Å². The Balaban J connectivity index is 1.25. The average molecular weight is 582 g/mol. The molecule has 3 heterocycles. The Morgan fingerprint density at radius 1 is 0.432 bits per heavy atom. The second-order valence-corrected chi connectivity index (χ2v) is 11.9. The maximum absolute atomic E-state index is 6.56. The number of benzene rings is 6. The van der Waals surface area contributed by atoms with Gasteiger partial charge in [-0.15, -0.1) is 11.3 Å². The molecule has 0 saturated heterocycles. The standard InChI is InChI=1S/C39H23N3OS/c1-3-11-24(12-4-1)37-40-38(25-13-5-2-6-14-25)42-39(41-37)30-18-9-17-28-31-23-26(21-22-32(31)43-36(28)30)27-16-10-20-34-35(27)29-15-7-8-19-33(29)44-34/h1-23H. The highest BCUT2D eigenvalue weighted by atomic mass is 32.1. The molecule has 5 heteroatoms. The van der Waals surface area contributed by atoms with E-state index in [1.54, 1.807) is 0 Å². The highest BCUT2D eigenvalue weighted by molar-refractivity contribution is 7.25. The Kier molecular flexibility index (Phi) is 5.64.